The van der Waals surface area contributed by atoms with E-state index in [-0.39, 0.29) is 18.1 Å². The van der Waals surface area contributed by atoms with Crippen molar-refractivity contribution >= 4 is 5.91 Å². The standard InChI is InChI=1S/C20H23NO3/c1-15-12-21(13-16(2)24-15)20(22)18-9-6-10-19(11-18)23-14-17-7-4-3-5-8-17/h3-11,15-16H,12-14H2,1-2H3/t15-,16+. The van der Waals surface area contributed by atoms with E-state index in [4.69, 9.17) is 9.47 Å². The number of hydrogen-bond acceptors (Lipinski definition) is 3. The number of morpholine rings is 1. The summed E-state index contributed by atoms with van der Waals surface area (Å²) in [6.45, 7) is 5.73. The molecule has 24 heavy (non-hydrogen) atoms. The highest BCUT2D eigenvalue weighted by Crippen LogP contribution is 2.19. The lowest BCUT2D eigenvalue weighted by atomic mass is 10.1. The Morgan fingerprint density at radius 2 is 1.79 bits per heavy atom. The van der Waals surface area contributed by atoms with E-state index < -0.39 is 0 Å². The van der Waals surface area contributed by atoms with E-state index in [1.54, 1.807) is 0 Å². The third-order valence-corrected chi connectivity index (χ3v) is 4.04. The lowest BCUT2D eigenvalue weighted by Gasteiger charge is -2.35. The smallest absolute Gasteiger partial charge is 0.254 e. The average molecular weight is 325 g/mol. The molecule has 4 nitrogen and oxygen atoms in total. The molecule has 0 aromatic heterocycles. The van der Waals surface area contributed by atoms with Crippen LogP contribution in [0.2, 0.25) is 0 Å². The van der Waals surface area contributed by atoms with Crippen molar-refractivity contribution < 1.29 is 14.3 Å². The number of benzene rings is 2. The van der Waals surface area contributed by atoms with Crippen LogP contribution >= 0.6 is 0 Å². The number of amides is 1. The second kappa shape index (κ2) is 7.49. The molecule has 1 fully saturated rings. The van der Waals surface area contributed by atoms with E-state index in [0.29, 0.717) is 31.0 Å². The molecule has 0 saturated carbocycles. The molecule has 1 amide bonds. The van der Waals surface area contributed by atoms with Gasteiger partial charge in [0, 0.05) is 18.7 Å². The summed E-state index contributed by atoms with van der Waals surface area (Å²) < 4.78 is 11.5. The van der Waals surface area contributed by atoms with Crippen molar-refractivity contribution in [3.63, 3.8) is 0 Å². The predicted octanol–water partition coefficient (Wildman–Crippen LogP) is 3.52. The fourth-order valence-corrected chi connectivity index (χ4v) is 2.99. The molecule has 3 rings (SSSR count). The SMILES string of the molecule is C[C@@H]1CN(C(=O)c2cccc(OCc3ccccc3)c2)C[C@H](C)O1. The van der Waals surface area contributed by atoms with Crippen LogP contribution in [0.25, 0.3) is 0 Å². The molecule has 1 aliphatic rings. The Hall–Kier alpha value is -2.33. The summed E-state index contributed by atoms with van der Waals surface area (Å²) in [5, 5.41) is 0. The molecule has 2 aromatic carbocycles. The highest BCUT2D eigenvalue weighted by Gasteiger charge is 2.26. The predicted molar refractivity (Wildman–Crippen MR) is 93.1 cm³/mol. The number of carbonyl (C=O) groups is 1. The molecule has 0 bridgehead atoms. The van der Waals surface area contributed by atoms with E-state index in [0.717, 1.165) is 5.56 Å². The van der Waals surface area contributed by atoms with E-state index >= 15 is 0 Å². The molecule has 0 aliphatic carbocycles. The van der Waals surface area contributed by atoms with Gasteiger partial charge in [-0.05, 0) is 37.6 Å². The van der Waals surface area contributed by atoms with Crippen LogP contribution in [-0.4, -0.2) is 36.1 Å². The summed E-state index contributed by atoms with van der Waals surface area (Å²) in [4.78, 5) is 14.6. The molecule has 0 spiro atoms. The van der Waals surface area contributed by atoms with Gasteiger partial charge in [-0.2, -0.15) is 0 Å². The third kappa shape index (κ3) is 4.15. The van der Waals surface area contributed by atoms with Crippen LogP contribution in [0.5, 0.6) is 5.75 Å². The van der Waals surface area contributed by atoms with Gasteiger partial charge in [-0.3, -0.25) is 4.79 Å². The van der Waals surface area contributed by atoms with Crippen LogP contribution in [0, 0.1) is 0 Å². The molecule has 1 saturated heterocycles. The molecule has 4 heteroatoms. The van der Waals surface area contributed by atoms with E-state index in [1.807, 2.05) is 73.3 Å². The summed E-state index contributed by atoms with van der Waals surface area (Å²) in [7, 11) is 0. The quantitative estimate of drug-likeness (QED) is 0.863. The Bertz CT molecular complexity index is 676. The zero-order valence-electron chi connectivity index (χ0n) is 14.1. The minimum absolute atomic E-state index is 0.0298. The topological polar surface area (TPSA) is 38.8 Å². The molecule has 126 valence electrons. The van der Waals surface area contributed by atoms with Gasteiger partial charge >= 0.3 is 0 Å². The number of rotatable bonds is 4. The molecule has 0 N–H and O–H groups in total. The summed E-state index contributed by atoms with van der Waals surface area (Å²) in [6.07, 6.45) is 0.130. The Kier molecular flexibility index (Phi) is 5.16. The maximum absolute atomic E-state index is 12.7. The van der Waals surface area contributed by atoms with Crippen LogP contribution in [0.15, 0.2) is 54.6 Å². The minimum atomic E-state index is 0.0298. The van der Waals surface area contributed by atoms with Crippen molar-refractivity contribution in [3.05, 3.63) is 65.7 Å². The first-order chi connectivity index (χ1) is 11.6. The summed E-state index contributed by atoms with van der Waals surface area (Å²) in [5.41, 5.74) is 1.76. The van der Waals surface area contributed by atoms with Crippen molar-refractivity contribution in [1.29, 1.82) is 0 Å². The third-order valence-electron chi connectivity index (χ3n) is 4.04. The van der Waals surface area contributed by atoms with Gasteiger partial charge in [0.15, 0.2) is 0 Å². The summed E-state index contributed by atoms with van der Waals surface area (Å²) in [5.74, 6) is 0.737. The lowest BCUT2D eigenvalue weighted by molar-refractivity contribution is -0.0586. The molecular formula is C20H23NO3. The van der Waals surface area contributed by atoms with Crippen molar-refractivity contribution in [2.24, 2.45) is 0 Å². The molecule has 1 aliphatic heterocycles. The van der Waals surface area contributed by atoms with Crippen LogP contribution in [0.3, 0.4) is 0 Å². The first-order valence-electron chi connectivity index (χ1n) is 8.33. The van der Waals surface area contributed by atoms with Gasteiger partial charge in [0.1, 0.15) is 12.4 Å². The van der Waals surface area contributed by atoms with Gasteiger partial charge in [-0.15, -0.1) is 0 Å². The van der Waals surface area contributed by atoms with Gasteiger partial charge < -0.3 is 14.4 Å². The van der Waals surface area contributed by atoms with E-state index in [2.05, 4.69) is 0 Å². The Morgan fingerprint density at radius 3 is 2.50 bits per heavy atom. The monoisotopic (exact) mass is 325 g/mol. The van der Waals surface area contributed by atoms with Gasteiger partial charge in [0.25, 0.3) is 5.91 Å². The highest BCUT2D eigenvalue weighted by atomic mass is 16.5. The number of nitrogens with zero attached hydrogens (tertiary/aromatic N) is 1. The average Bonchev–Trinajstić information content (AvgIpc) is 2.59. The van der Waals surface area contributed by atoms with Crippen molar-refractivity contribution in [2.45, 2.75) is 32.7 Å². The van der Waals surface area contributed by atoms with Crippen LogP contribution in [0.4, 0.5) is 0 Å². The number of hydrogen-bond donors (Lipinski definition) is 0. The number of carbonyl (C=O) groups excluding carboxylic acids is 1. The normalized spacial score (nSPS) is 20.7. The fourth-order valence-electron chi connectivity index (χ4n) is 2.99. The van der Waals surface area contributed by atoms with Crippen LogP contribution in [-0.2, 0) is 11.3 Å². The molecule has 0 radical (unpaired) electrons. The second-order valence-corrected chi connectivity index (χ2v) is 6.27. The van der Waals surface area contributed by atoms with Gasteiger partial charge in [-0.1, -0.05) is 36.4 Å². The van der Waals surface area contributed by atoms with E-state index in [1.165, 1.54) is 0 Å². The van der Waals surface area contributed by atoms with Crippen molar-refractivity contribution in [3.8, 4) is 5.75 Å². The molecular weight excluding hydrogens is 302 g/mol. The molecule has 0 unspecified atom stereocenters. The van der Waals surface area contributed by atoms with Gasteiger partial charge in [0.2, 0.25) is 0 Å². The first-order valence-corrected chi connectivity index (χ1v) is 8.33. The maximum Gasteiger partial charge on any atom is 0.254 e. The lowest BCUT2D eigenvalue weighted by Crippen LogP contribution is -2.48. The Morgan fingerprint density at radius 1 is 1.08 bits per heavy atom. The molecule has 1 heterocycles. The molecule has 2 aromatic rings. The maximum atomic E-state index is 12.7. The zero-order chi connectivity index (χ0) is 16.9. The molecule has 2 atom stereocenters. The fraction of sp³-hybridized carbons (Fsp3) is 0.350. The first kappa shape index (κ1) is 16.5. The highest BCUT2D eigenvalue weighted by molar-refractivity contribution is 5.94. The largest absolute Gasteiger partial charge is 0.489 e. The Balaban J connectivity index is 1.67. The number of ether oxygens (including phenoxy) is 2. The van der Waals surface area contributed by atoms with Crippen LogP contribution in [0.1, 0.15) is 29.8 Å². The van der Waals surface area contributed by atoms with Crippen molar-refractivity contribution in [2.75, 3.05) is 13.1 Å². The van der Waals surface area contributed by atoms with E-state index in [9.17, 15) is 4.79 Å². The Labute approximate surface area is 143 Å². The van der Waals surface area contributed by atoms with Gasteiger partial charge in [-0.25, -0.2) is 0 Å². The minimum Gasteiger partial charge on any atom is -0.489 e. The van der Waals surface area contributed by atoms with Crippen molar-refractivity contribution in [1.82, 2.24) is 4.90 Å². The van der Waals surface area contributed by atoms with Gasteiger partial charge in [0.05, 0.1) is 12.2 Å². The summed E-state index contributed by atoms with van der Waals surface area (Å²) in [6, 6.07) is 17.4. The van der Waals surface area contributed by atoms with Crippen LogP contribution < -0.4 is 4.74 Å². The zero-order valence-corrected chi connectivity index (χ0v) is 14.1. The second-order valence-electron chi connectivity index (χ2n) is 6.27. The summed E-state index contributed by atoms with van der Waals surface area (Å²) >= 11 is 0.